The Hall–Kier alpha value is -2.44. The summed E-state index contributed by atoms with van der Waals surface area (Å²) in [5, 5.41) is 4.51. The summed E-state index contributed by atoms with van der Waals surface area (Å²) in [6, 6.07) is 12.0. The van der Waals surface area contributed by atoms with Gasteiger partial charge in [0.1, 0.15) is 0 Å². The standard InChI is InChI=1S/C18H13Cl2F2N3O/c1-24-9-16(17(23-24)18(21)22)25(10-26)15-5-3-2-4-12(15)11-6-7-13(19)14(20)8-11/h2-10,18H,1H3. The van der Waals surface area contributed by atoms with Gasteiger partial charge >= 0.3 is 0 Å². The third-order valence-electron chi connectivity index (χ3n) is 3.80. The van der Waals surface area contributed by atoms with Crippen LogP contribution in [-0.2, 0) is 11.8 Å². The van der Waals surface area contributed by atoms with Crippen molar-refractivity contribution in [2.45, 2.75) is 6.43 Å². The highest BCUT2D eigenvalue weighted by Crippen LogP contribution is 2.39. The summed E-state index contributed by atoms with van der Waals surface area (Å²) >= 11 is 12.0. The molecule has 4 nitrogen and oxygen atoms in total. The SMILES string of the molecule is Cn1cc(N(C=O)c2ccccc2-c2ccc(Cl)c(Cl)c2)c(C(F)F)n1. The van der Waals surface area contributed by atoms with Gasteiger partial charge in [-0.15, -0.1) is 0 Å². The smallest absolute Gasteiger partial charge is 0.279 e. The third-order valence-corrected chi connectivity index (χ3v) is 4.54. The zero-order valence-corrected chi connectivity index (χ0v) is 15.0. The number of rotatable bonds is 5. The second-order valence-corrected chi connectivity index (χ2v) is 6.31. The lowest BCUT2D eigenvalue weighted by molar-refractivity contribution is -0.106. The Morgan fingerprint density at radius 2 is 1.85 bits per heavy atom. The summed E-state index contributed by atoms with van der Waals surface area (Å²) in [6.07, 6.45) is -0.952. The van der Waals surface area contributed by atoms with E-state index in [4.69, 9.17) is 23.2 Å². The molecule has 0 radical (unpaired) electrons. The average molecular weight is 396 g/mol. The van der Waals surface area contributed by atoms with Crippen LogP contribution in [0, 0.1) is 0 Å². The zero-order chi connectivity index (χ0) is 18.8. The lowest BCUT2D eigenvalue weighted by Gasteiger charge is -2.21. The Bertz CT molecular complexity index is 959. The molecule has 2 aromatic carbocycles. The van der Waals surface area contributed by atoms with Gasteiger partial charge in [-0.25, -0.2) is 8.78 Å². The zero-order valence-electron chi connectivity index (χ0n) is 13.5. The van der Waals surface area contributed by atoms with Crippen LogP contribution in [-0.4, -0.2) is 16.2 Å². The molecule has 3 rings (SSSR count). The molecular formula is C18H13Cl2F2N3O. The maximum Gasteiger partial charge on any atom is 0.284 e. The van der Waals surface area contributed by atoms with E-state index in [9.17, 15) is 13.6 Å². The Balaban J connectivity index is 2.17. The number of aromatic nitrogens is 2. The normalized spacial score (nSPS) is 11.0. The van der Waals surface area contributed by atoms with Gasteiger partial charge in [-0.1, -0.05) is 47.5 Å². The van der Waals surface area contributed by atoms with Crippen molar-refractivity contribution in [3.8, 4) is 11.1 Å². The number of anilines is 2. The molecule has 1 heterocycles. The monoisotopic (exact) mass is 395 g/mol. The number of carbonyl (C=O) groups is 1. The van der Waals surface area contributed by atoms with Gasteiger partial charge in [0, 0.05) is 18.8 Å². The van der Waals surface area contributed by atoms with Crippen molar-refractivity contribution >= 4 is 41.0 Å². The molecule has 0 bridgehead atoms. The van der Waals surface area contributed by atoms with Crippen molar-refractivity contribution in [3.05, 3.63) is 64.4 Å². The van der Waals surface area contributed by atoms with E-state index in [1.54, 1.807) is 42.5 Å². The largest absolute Gasteiger partial charge is 0.284 e. The summed E-state index contributed by atoms with van der Waals surface area (Å²) in [5.41, 5.74) is 1.32. The van der Waals surface area contributed by atoms with E-state index in [1.165, 1.54) is 17.9 Å². The van der Waals surface area contributed by atoms with Crippen LogP contribution in [0.4, 0.5) is 20.2 Å². The summed E-state index contributed by atoms with van der Waals surface area (Å²) in [5.74, 6) is 0. The van der Waals surface area contributed by atoms with Crippen molar-refractivity contribution in [2.75, 3.05) is 4.90 Å². The Labute approximate surface area is 158 Å². The van der Waals surface area contributed by atoms with Crippen LogP contribution in [0.5, 0.6) is 0 Å². The second-order valence-electron chi connectivity index (χ2n) is 5.50. The first-order valence-corrected chi connectivity index (χ1v) is 8.28. The van der Waals surface area contributed by atoms with Crippen molar-refractivity contribution in [2.24, 2.45) is 7.05 Å². The molecule has 1 aromatic heterocycles. The van der Waals surface area contributed by atoms with Crippen molar-refractivity contribution in [3.63, 3.8) is 0 Å². The molecule has 0 saturated heterocycles. The van der Waals surface area contributed by atoms with Gasteiger partial charge < -0.3 is 0 Å². The summed E-state index contributed by atoms with van der Waals surface area (Å²) in [6.45, 7) is 0. The molecule has 0 unspecified atom stereocenters. The molecule has 8 heteroatoms. The van der Waals surface area contributed by atoms with Crippen molar-refractivity contribution in [1.82, 2.24) is 9.78 Å². The number of benzene rings is 2. The van der Waals surface area contributed by atoms with Crippen LogP contribution in [0.2, 0.25) is 10.0 Å². The van der Waals surface area contributed by atoms with Gasteiger partial charge in [-0.3, -0.25) is 14.4 Å². The summed E-state index contributed by atoms with van der Waals surface area (Å²) in [4.78, 5) is 12.9. The van der Waals surface area contributed by atoms with Crippen molar-refractivity contribution < 1.29 is 13.6 Å². The topological polar surface area (TPSA) is 38.1 Å². The molecule has 0 spiro atoms. The molecule has 0 atom stereocenters. The van der Waals surface area contributed by atoms with Gasteiger partial charge in [0.05, 0.1) is 21.4 Å². The molecule has 1 amide bonds. The molecular weight excluding hydrogens is 383 g/mol. The van der Waals surface area contributed by atoms with E-state index in [1.807, 2.05) is 0 Å². The number of amides is 1. The summed E-state index contributed by atoms with van der Waals surface area (Å²) in [7, 11) is 1.52. The summed E-state index contributed by atoms with van der Waals surface area (Å²) < 4.78 is 27.9. The van der Waals surface area contributed by atoms with Crippen LogP contribution in [0.3, 0.4) is 0 Å². The quantitative estimate of drug-likeness (QED) is 0.525. The number of carbonyl (C=O) groups excluding carboxylic acids is 1. The highest BCUT2D eigenvalue weighted by molar-refractivity contribution is 6.42. The first-order valence-electron chi connectivity index (χ1n) is 7.53. The predicted molar refractivity (Wildman–Crippen MR) is 98.3 cm³/mol. The van der Waals surface area contributed by atoms with Gasteiger partial charge in [0.15, 0.2) is 5.69 Å². The van der Waals surface area contributed by atoms with E-state index < -0.39 is 12.1 Å². The maximum absolute atomic E-state index is 13.3. The van der Waals surface area contributed by atoms with E-state index >= 15 is 0 Å². The Kier molecular flexibility index (Phi) is 5.25. The molecule has 0 N–H and O–H groups in total. The second kappa shape index (κ2) is 7.43. The number of halogens is 4. The number of alkyl halides is 2. The minimum absolute atomic E-state index is 0.0185. The van der Waals surface area contributed by atoms with E-state index in [0.717, 1.165) is 4.90 Å². The molecule has 134 valence electrons. The van der Waals surface area contributed by atoms with E-state index in [-0.39, 0.29) is 5.69 Å². The highest BCUT2D eigenvalue weighted by atomic mass is 35.5. The first-order chi connectivity index (χ1) is 12.4. The lowest BCUT2D eigenvalue weighted by atomic mass is 10.0. The maximum atomic E-state index is 13.3. The minimum atomic E-state index is -2.81. The van der Waals surface area contributed by atoms with Gasteiger partial charge in [-0.05, 0) is 23.8 Å². The van der Waals surface area contributed by atoms with Crippen LogP contribution in [0.15, 0.2) is 48.7 Å². The number of hydrogen-bond donors (Lipinski definition) is 0. The van der Waals surface area contributed by atoms with E-state index in [0.29, 0.717) is 33.3 Å². The third kappa shape index (κ3) is 3.43. The predicted octanol–water partition coefficient (Wildman–Crippen LogP) is 5.63. The molecule has 0 aliphatic carbocycles. The van der Waals surface area contributed by atoms with Crippen LogP contribution in [0.25, 0.3) is 11.1 Å². The number of hydrogen-bond acceptors (Lipinski definition) is 2. The molecule has 3 aromatic rings. The first kappa shape index (κ1) is 18.4. The van der Waals surface area contributed by atoms with Gasteiger partial charge in [0.25, 0.3) is 6.43 Å². The fraction of sp³-hybridized carbons (Fsp3) is 0.111. The molecule has 0 fully saturated rings. The Morgan fingerprint density at radius 3 is 2.50 bits per heavy atom. The fourth-order valence-electron chi connectivity index (χ4n) is 2.67. The van der Waals surface area contributed by atoms with Crippen LogP contribution in [0.1, 0.15) is 12.1 Å². The van der Waals surface area contributed by atoms with Crippen LogP contribution >= 0.6 is 23.2 Å². The average Bonchev–Trinajstić information content (AvgIpc) is 3.00. The Morgan fingerprint density at radius 1 is 1.12 bits per heavy atom. The number of aryl methyl sites for hydroxylation is 1. The van der Waals surface area contributed by atoms with Gasteiger partial charge in [-0.2, -0.15) is 5.10 Å². The van der Waals surface area contributed by atoms with E-state index in [2.05, 4.69) is 5.10 Å². The number of nitrogens with zero attached hydrogens (tertiary/aromatic N) is 3. The lowest BCUT2D eigenvalue weighted by Crippen LogP contribution is -2.16. The molecule has 0 aliphatic rings. The highest BCUT2D eigenvalue weighted by Gasteiger charge is 2.24. The number of para-hydroxylation sites is 1. The van der Waals surface area contributed by atoms with Crippen LogP contribution < -0.4 is 4.90 Å². The molecule has 0 saturated carbocycles. The fourth-order valence-corrected chi connectivity index (χ4v) is 2.97. The molecule has 0 aliphatic heterocycles. The molecule has 26 heavy (non-hydrogen) atoms. The van der Waals surface area contributed by atoms with Gasteiger partial charge in [0.2, 0.25) is 6.41 Å². The van der Waals surface area contributed by atoms with Crippen molar-refractivity contribution in [1.29, 1.82) is 0 Å². The minimum Gasteiger partial charge on any atom is -0.279 e.